The van der Waals surface area contributed by atoms with E-state index in [0.29, 0.717) is 35.2 Å². The number of carbonyl (C=O) groups excluding carboxylic acids is 1. The molecule has 3 fully saturated rings. The highest BCUT2D eigenvalue weighted by Gasteiger charge is 2.36. The maximum atomic E-state index is 13.3. The summed E-state index contributed by atoms with van der Waals surface area (Å²) in [5.41, 5.74) is 1.29. The molecule has 1 aromatic carbocycles. The van der Waals surface area contributed by atoms with E-state index in [-0.39, 0.29) is 29.0 Å². The Labute approximate surface area is 212 Å². The fraction of sp³-hybridized carbons (Fsp3) is 0.607. The summed E-state index contributed by atoms with van der Waals surface area (Å²) in [4.78, 5) is 43.9. The SMILES string of the molecule is C=C(C1CC1)N1CCN(C(=O)C2CCC(Cn3c(=O)c4cc(OC)ccc4n(C)c3=O)CC2)C[C@H]1C. The second-order valence-electron chi connectivity index (χ2n) is 11.0. The molecule has 5 rings (SSSR count). The van der Waals surface area contributed by atoms with Crippen LogP contribution in [0.25, 0.3) is 10.9 Å². The van der Waals surface area contributed by atoms with E-state index in [9.17, 15) is 14.4 Å². The maximum Gasteiger partial charge on any atom is 0.331 e. The quantitative estimate of drug-likeness (QED) is 0.617. The number of aromatic nitrogens is 2. The topological polar surface area (TPSA) is 76.8 Å². The minimum Gasteiger partial charge on any atom is -0.497 e. The fourth-order valence-electron chi connectivity index (χ4n) is 6.13. The highest BCUT2D eigenvalue weighted by molar-refractivity contribution is 5.80. The van der Waals surface area contributed by atoms with Crippen LogP contribution in [0.5, 0.6) is 5.75 Å². The number of aryl methyl sites for hydroxylation is 1. The molecule has 1 aromatic heterocycles. The number of ether oxygens (including phenoxy) is 1. The van der Waals surface area contributed by atoms with Crippen LogP contribution in [0.4, 0.5) is 0 Å². The molecule has 1 amide bonds. The molecular formula is C28H38N4O4. The van der Waals surface area contributed by atoms with E-state index < -0.39 is 0 Å². The predicted octanol–water partition coefficient (Wildman–Crippen LogP) is 2.97. The minimum atomic E-state index is -0.296. The van der Waals surface area contributed by atoms with E-state index in [4.69, 9.17) is 4.74 Å². The van der Waals surface area contributed by atoms with E-state index in [1.54, 1.807) is 32.4 Å². The average molecular weight is 495 g/mol. The van der Waals surface area contributed by atoms with Crippen LogP contribution in [0.15, 0.2) is 40.1 Å². The number of amides is 1. The monoisotopic (exact) mass is 494 g/mol. The van der Waals surface area contributed by atoms with Crippen LogP contribution in [0, 0.1) is 17.8 Å². The van der Waals surface area contributed by atoms with Gasteiger partial charge in [-0.3, -0.25) is 18.7 Å². The van der Waals surface area contributed by atoms with Gasteiger partial charge in [-0.15, -0.1) is 0 Å². The van der Waals surface area contributed by atoms with E-state index in [1.165, 1.54) is 27.7 Å². The van der Waals surface area contributed by atoms with Gasteiger partial charge in [0.2, 0.25) is 5.91 Å². The average Bonchev–Trinajstić information content (AvgIpc) is 3.75. The normalized spacial score (nSPS) is 24.7. The van der Waals surface area contributed by atoms with Gasteiger partial charge in [-0.05, 0) is 75.5 Å². The Morgan fingerprint density at radius 3 is 2.39 bits per heavy atom. The molecule has 3 aliphatic rings. The van der Waals surface area contributed by atoms with Gasteiger partial charge in [0, 0.05) is 50.9 Å². The van der Waals surface area contributed by atoms with Crippen molar-refractivity contribution < 1.29 is 9.53 Å². The van der Waals surface area contributed by atoms with Crippen LogP contribution in [-0.2, 0) is 18.4 Å². The zero-order valence-corrected chi connectivity index (χ0v) is 21.7. The van der Waals surface area contributed by atoms with Crippen molar-refractivity contribution in [3.8, 4) is 5.75 Å². The Morgan fingerprint density at radius 1 is 1.06 bits per heavy atom. The van der Waals surface area contributed by atoms with E-state index in [0.717, 1.165) is 45.3 Å². The van der Waals surface area contributed by atoms with Crippen molar-refractivity contribution >= 4 is 16.8 Å². The van der Waals surface area contributed by atoms with Crippen molar-refractivity contribution in [2.24, 2.45) is 24.8 Å². The largest absolute Gasteiger partial charge is 0.497 e. The Bertz CT molecular complexity index is 1280. The summed E-state index contributed by atoms with van der Waals surface area (Å²) in [6, 6.07) is 5.51. The van der Waals surface area contributed by atoms with Crippen molar-refractivity contribution in [1.82, 2.24) is 18.9 Å². The number of methoxy groups -OCH3 is 1. The fourth-order valence-corrected chi connectivity index (χ4v) is 6.13. The number of nitrogens with zero attached hydrogens (tertiary/aromatic N) is 4. The van der Waals surface area contributed by atoms with Crippen molar-refractivity contribution in [2.45, 2.75) is 58.0 Å². The lowest BCUT2D eigenvalue weighted by Gasteiger charge is -2.43. The number of carbonyl (C=O) groups is 1. The summed E-state index contributed by atoms with van der Waals surface area (Å²) >= 11 is 0. The zero-order valence-electron chi connectivity index (χ0n) is 21.7. The van der Waals surface area contributed by atoms with Gasteiger partial charge in [-0.2, -0.15) is 0 Å². The van der Waals surface area contributed by atoms with Crippen molar-refractivity contribution in [1.29, 1.82) is 0 Å². The molecule has 2 aliphatic carbocycles. The lowest BCUT2D eigenvalue weighted by molar-refractivity contribution is -0.139. The molecule has 2 heterocycles. The molecule has 0 N–H and O–H groups in total. The summed E-state index contributed by atoms with van der Waals surface area (Å²) in [6.45, 7) is 9.28. The number of rotatable bonds is 6. The highest BCUT2D eigenvalue weighted by Crippen LogP contribution is 2.39. The summed E-state index contributed by atoms with van der Waals surface area (Å²) in [7, 11) is 3.26. The van der Waals surface area contributed by atoms with Gasteiger partial charge in [0.15, 0.2) is 0 Å². The van der Waals surface area contributed by atoms with Gasteiger partial charge in [-0.25, -0.2) is 4.79 Å². The third-order valence-corrected chi connectivity index (χ3v) is 8.55. The van der Waals surface area contributed by atoms with Crippen molar-refractivity contribution in [3.05, 3.63) is 51.3 Å². The third kappa shape index (κ3) is 4.58. The van der Waals surface area contributed by atoms with Crippen molar-refractivity contribution in [3.63, 3.8) is 0 Å². The molecule has 8 heteroatoms. The zero-order chi connectivity index (χ0) is 25.6. The van der Waals surface area contributed by atoms with Gasteiger partial charge in [0.1, 0.15) is 5.75 Å². The second kappa shape index (κ2) is 9.79. The molecule has 8 nitrogen and oxygen atoms in total. The molecule has 1 saturated heterocycles. The molecule has 2 saturated carbocycles. The summed E-state index contributed by atoms with van der Waals surface area (Å²) < 4.78 is 8.18. The van der Waals surface area contributed by atoms with Gasteiger partial charge < -0.3 is 14.5 Å². The van der Waals surface area contributed by atoms with Crippen LogP contribution >= 0.6 is 0 Å². The Kier molecular flexibility index (Phi) is 6.70. The summed E-state index contributed by atoms with van der Waals surface area (Å²) in [6.07, 6.45) is 5.80. The molecule has 36 heavy (non-hydrogen) atoms. The molecule has 194 valence electrons. The molecular weight excluding hydrogens is 456 g/mol. The standard InChI is InChI=1S/C28H38N4O4/c1-18-16-30(13-14-31(18)19(2)21-9-10-21)26(33)22-7-5-20(6-8-22)17-32-27(34)24-15-23(36-4)11-12-25(24)29(3)28(32)35/h11-12,15,18,20-22H,2,5-10,13-14,16-17H2,1,3-4H3/t18-,20?,22?/m1/s1. The number of hydrogen-bond acceptors (Lipinski definition) is 5. The van der Waals surface area contributed by atoms with Gasteiger partial charge in [-0.1, -0.05) is 6.58 Å². The van der Waals surface area contributed by atoms with Crippen LogP contribution in [-0.4, -0.2) is 57.6 Å². The second-order valence-corrected chi connectivity index (χ2v) is 11.0. The van der Waals surface area contributed by atoms with E-state index in [2.05, 4.69) is 18.4 Å². The molecule has 1 aliphatic heterocycles. The number of piperazine rings is 1. The first-order valence-corrected chi connectivity index (χ1v) is 13.3. The number of fused-ring (bicyclic) bond motifs is 1. The predicted molar refractivity (Wildman–Crippen MR) is 140 cm³/mol. The molecule has 0 spiro atoms. The highest BCUT2D eigenvalue weighted by atomic mass is 16.5. The Balaban J connectivity index is 1.21. The molecule has 0 bridgehead atoms. The Morgan fingerprint density at radius 2 is 1.75 bits per heavy atom. The lowest BCUT2D eigenvalue weighted by Crippen LogP contribution is -2.54. The van der Waals surface area contributed by atoms with Crippen LogP contribution < -0.4 is 16.0 Å². The van der Waals surface area contributed by atoms with E-state index in [1.807, 2.05) is 4.90 Å². The van der Waals surface area contributed by atoms with E-state index >= 15 is 0 Å². The van der Waals surface area contributed by atoms with Crippen LogP contribution in [0.2, 0.25) is 0 Å². The first-order valence-electron chi connectivity index (χ1n) is 13.3. The summed E-state index contributed by atoms with van der Waals surface area (Å²) in [5.74, 6) is 1.75. The maximum absolute atomic E-state index is 13.3. The van der Waals surface area contributed by atoms with Gasteiger partial charge in [0.25, 0.3) is 5.56 Å². The number of allylic oxidation sites excluding steroid dienone is 1. The lowest BCUT2D eigenvalue weighted by atomic mass is 9.81. The summed E-state index contributed by atoms with van der Waals surface area (Å²) in [5, 5.41) is 0.484. The van der Waals surface area contributed by atoms with Crippen molar-refractivity contribution in [2.75, 3.05) is 26.7 Å². The first-order chi connectivity index (χ1) is 17.3. The van der Waals surface area contributed by atoms with Gasteiger partial charge in [0.05, 0.1) is 18.0 Å². The smallest absolute Gasteiger partial charge is 0.331 e. The number of benzene rings is 1. The number of hydrogen-bond donors (Lipinski definition) is 0. The molecule has 2 aromatic rings. The molecule has 0 unspecified atom stereocenters. The molecule has 1 atom stereocenters. The minimum absolute atomic E-state index is 0.0343. The van der Waals surface area contributed by atoms with Crippen LogP contribution in [0.1, 0.15) is 45.4 Å². The van der Waals surface area contributed by atoms with Gasteiger partial charge >= 0.3 is 5.69 Å². The molecule has 0 radical (unpaired) electrons. The Hall–Kier alpha value is -3.03. The third-order valence-electron chi connectivity index (χ3n) is 8.55. The van der Waals surface area contributed by atoms with Crippen LogP contribution in [0.3, 0.4) is 0 Å². The first kappa shape index (κ1) is 24.7.